The second-order valence-corrected chi connectivity index (χ2v) is 4.96. The molecule has 21 heavy (non-hydrogen) atoms. The smallest absolute Gasteiger partial charge is 0.348 e. The second kappa shape index (κ2) is 4.91. The number of halogens is 3. The number of alkyl halides is 3. The van der Waals surface area contributed by atoms with Crippen molar-refractivity contribution in [1.29, 1.82) is 0 Å². The molecular weight excluding hydrogens is 283 g/mol. The van der Waals surface area contributed by atoms with E-state index < -0.39 is 11.7 Å². The van der Waals surface area contributed by atoms with Crippen LogP contribution >= 0.6 is 0 Å². The Morgan fingerprint density at radius 3 is 2.76 bits per heavy atom. The summed E-state index contributed by atoms with van der Waals surface area (Å²) in [6, 6.07) is 5.07. The van der Waals surface area contributed by atoms with E-state index in [1.54, 1.807) is 0 Å². The number of imidazole rings is 1. The molecule has 0 aliphatic heterocycles. The topological polar surface area (TPSA) is 46.9 Å². The molecule has 1 aromatic heterocycles. The minimum absolute atomic E-state index is 0.194. The molecular formula is C14H12F3N3O. The molecule has 7 heteroatoms. The Morgan fingerprint density at radius 1 is 1.33 bits per heavy atom. The van der Waals surface area contributed by atoms with Crippen LogP contribution < -0.4 is 5.32 Å². The molecule has 1 fully saturated rings. The van der Waals surface area contributed by atoms with Crippen LogP contribution in [0.3, 0.4) is 0 Å². The van der Waals surface area contributed by atoms with Gasteiger partial charge in [-0.2, -0.15) is 13.2 Å². The molecule has 0 atom stereocenters. The summed E-state index contributed by atoms with van der Waals surface area (Å²) in [6.07, 6.45) is 0.271. The first kappa shape index (κ1) is 13.7. The first-order valence-corrected chi connectivity index (χ1v) is 6.46. The summed E-state index contributed by atoms with van der Waals surface area (Å²) in [4.78, 5) is 15.7. The van der Waals surface area contributed by atoms with Gasteiger partial charge in [-0.25, -0.2) is 4.98 Å². The Kier molecular flexibility index (Phi) is 3.19. The van der Waals surface area contributed by atoms with Crippen molar-refractivity contribution in [2.24, 2.45) is 0 Å². The largest absolute Gasteiger partial charge is 0.416 e. The molecule has 1 heterocycles. The van der Waals surface area contributed by atoms with Crippen molar-refractivity contribution in [3.63, 3.8) is 0 Å². The highest BCUT2D eigenvalue weighted by Crippen LogP contribution is 2.30. The maximum absolute atomic E-state index is 12.7. The van der Waals surface area contributed by atoms with Crippen molar-refractivity contribution in [1.82, 2.24) is 14.9 Å². The van der Waals surface area contributed by atoms with Crippen LogP contribution in [0.15, 0.2) is 36.8 Å². The zero-order valence-electron chi connectivity index (χ0n) is 10.9. The molecule has 4 nitrogen and oxygen atoms in total. The summed E-state index contributed by atoms with van der Waals surface area (Å²) in [7, 11) is 0. The molecule has 0 saturated heterocycles. The number of hydrogen-bond donors (Lipinski definition) is 1. The Labute approximate surface area is 118 Å². The summed E-state index contributed by atoms with van der Waals surface area (Å²) >= 11 is 0. The Morgan fingerprint density at radius 2 is 2.10 bits per heavy atom. The normalized spacial score (nSPS) is 15.0. The SMILES string of the molecule is O=C(NC1CC1)c1cn(-c2cccc(C(F)(F)F)c2)cn1. The minimum atomic E-state index is -4.40. The van der Waals surface area contributed by atoms with Crippen molar-refractivity contribution in [2.75, 3.05) is 0 Å². The first-order valence-electron chi connectivity index (χ1n) is 6.46. The zero-order chi connectivity index (χ0) is 15.0. The summed E-state index contributed by atoms with van der Waals surface area (Å²) < 4.78 is 39.4. The van der Waals surface area contributed by atoms with Gasteiger partial charge in [-0.1, -0.05) is 6.07 Å². The lowest BCUT2D eigenvalue weighted by atomic mass is 10.2. The molecule has 1 aliphatic carbocycles. The average Bonchev–Trinajstić information content (AvgIpc) is 3.11. The highest BCUT2D eigenvalue weighted by molar-refractivity contribution is 5.92. The third kappa shape index (κ3) is 3.07. The van der Waals surface area contributed by atoms with E-state index in [2.05, 4.69) is 10.3 Å². The van der Waals surface area contributed by atoms with Gasteiger partial charge in [-0.3, -0.25) is 4.79 Å². The molecule has 0 spiro atoms. The van der Waals surface area contributed by atoms with Crippen LogP contribution in [0.5, 0.6) is 0 Å². The minimum Gasteiger partial charge on any atom is -0.348 e. The van der Waals surface area contributed by atoms with Crippen LogP contribution in [0.1, 0.15) is 28.9 Å². The van der Waals surface area contributed by atoms with Crippen LogP contribution in [0.25, 0.3) is 5.69 Å². The van der Waals surface area contributed by atoms with E-state index in [0.717, 1.165) is 25.0 Å². The maximum atomic E-state index is 12.7. The number of rotatable bonds is 3. The van der Waals surface area contributed by atoms with Gasteiger partial charge in [0.05, 0.1) is 5.56 Å². The summed E-state index contributed by atoms with van der Waals surface area (Å²) in [5.41, 5.74) is -0.236. The maximum Gasteiger partial charge on any atom is 0.416 e. The van der Waals surface area contributed by atoms with E-state index in [1.165, 1.54) is 29.2 Å². The number of carbonyl (C=O) groups excluding carboxylic acids is 1. The van der Waals surface area contributed by atoms with Crippen molar-refractivity contribution >= 4 is 5.91 Å². The predicted molar refractivity (Wildman–Crippen MR) is 69.1 cm³/mol. The van der Waals surface area contributed by atoms with E-state index in [0.29, 0.717) is 5.69 Å². The lowest BCUT2D eigenvalue weighted by Gasteiger charge is -2.08. The molecule has 1 aromatic carbocycles. The third-order valence-corrected chi connectivity index (χ3v) is 3.20. The number of amides is 1. The van der Waals surface area contributed by atoms with Gasteiger partial charge in [0.1, 0.15) is 12.0 Å². The highest BCUT2D eigenvalue weighted by Gasteiger charge is 2.30. The Bertz CT molecular complexity index is 674. The molecule has 3 rings (SSSR count). The quantitative estimate of drug-likeness (QED) is 0.946. The molecule has 2 aromatic rings. The highest BCUT2D eigenvalue weighted by atomic mass is 19.4. The fraction of sp³-hybridized carbons (Fsp3) is 0.286. The van der Waals surface area contributed by atoms with Gasteiger partial charge in [0.15, 0.2) is 0 Å². The number of aromatic nitrogens is 2. The van der Waals surface area contributed by atoms with Crippen LogP contribution in [0, 0.1) is 0 Å². The van der Waals surface area contributed by atoms with E-state index in [9.17, 15) is 18.0 Å². The van der Waals surface area contributed by atoms with E-state index in [4.69, 9.17) is 0 Å². The van der Waals surface area contributed by atoms with Crippen LogP contribution in [-0.4, -0.2) is 21.5 Å². The monoisotopic (exact) mass is 295 g/mol. The fourth-order valence-electron chi connectivity index (χ4n) is 1.91. The lowest BCUT2D eigenvalue weighted by molar-refractivity contribution is -0.137. The van der Waals surface area contributed by atoms with Gasteiger partial charge in [-0.15, -0.1) is 0 Å². The van der Waals surface area contributed by atoms with Crippen molar-refractivity contribution in [2.45, 2.75) is 25.1 Å². The standard InChI is InChI=1S/C14H12F3N3O/c15-14(16,17)9-2-1-3-11(6-9)20-7-12(18-8-20)13(21)19-10-4-5-10/h1-3,6-8,10H,4-5H2,(H,19,21). The molecule has 110 valence electrons. The number of nitrogens with zero attached hydrogens (tertiary/aromatic N) is 2. The first-order chi connectivity index (χ1) is 9.93. The summed E-state index contributed by atoms with van der Waals surface area (Å²) in [5.74, 6) is -0.303. The number of nitrogens with one attached hydrogen (secondary N) is 1. The Hall–Kier alpha value is -2.31. The molecule has 0 radical (unpaired) electrons. The summed E-state index contributed by atoms with van der Waals surface area (Å²) in [6.45, 7) is 0. The van der Waals surface area contributed by atoms with Crippen molar-refractivity contribution in [3.05, 3.63) is 48.0 Å². The molecule has 1 amide bonds. The zero-order valence-corrected chi connectivity index (χ0v) is 10.9. The van der Waals surface area contributed by atoms with Gasteiger partial charge in [0, 0.05) is 17.9 Å². The van der Waals surface area contributed by atoms with Gasteiger partial charge in [0.25, 0.3) is 5.91 Å². The van der Waals surface area contributed by atoms with Gasteiger partial charge >= 0.3 is 6.18 Å². The molecule has 1 N–H and O–H groups in total. The van der Waals surface area contributed by atoms with E-state index in [1.807, 2.05) is 0 Å². The van der Waals surface area contributed by atoms with E-state index >= 15 is 0 Å². The molecule has 0 bridgehead atoms. The van der Waals surface area contributed by atoms with Gasteiger partial charge in [-0.05, 0) is 31.0 Å². The number of carbonyl (C=O) groups is 1. The van der Waals surface area contributed by atoms with Gasteiger partial charge < -0.3 is 9.88 Å². The second-order valence-electron chi connectivity index (χ2n) is 4.96. The number of hydrogen-bond acceptors (Lipinski definition) is 2. The molecule has 1 aliphatic rings. The van der Waals surface area contributed by atoms with Crippen molar-refractivity contribution < 1.29 is 18.0 Å². The Balaban J connectivity index is 1.84. The fourth-order valence-corrected chi connectivity index (χ4v) is 1.91. The van der Waals surface area contributed by atoms with Crippen molar-refractivity contribution in [3.8, 4) is 5.69 Å². The predicted octanol–water partition coefficient (Wildman–Crippen LogP) is 2.78. The number of benzene rings is 1. The third-order valence-electron chi connectivity index (χ3n) is 3.20. The van der Waals surface area contributed by atoms with Crippen LogP contribution in [0.4, 0.5) is 13.2 Å². The summed E-state index contributed by atoms with van der Waals surface area (Å²) in [5, 5.41) is 2.78. The molecule has 0 unspecified atom stereocenters. The van der Waals surface area contributed by atoms with Crippen LogP contribution in [0.2, 0.25) is 0 Å². The lowest BCUT2D eigenvalue weighted by Crippen LogP contribution is -2.25. The van der Waals surface area contributed by atoms with Gasteiger partial charge in [0.2, 0.25) is 0 Å². The molecule has 1 saturated carbocycles. The van der Waals surface area contributed by atoms with Crippen LogP contribution in [-0.2, 0) is 6.18 Å². The average molecular weight is 295 g/mol. The van der Waals surface area contributed by atoms with E-state index in [-0.39, 0.29) is 17.6 Å².